The van der Waals surface area contributed by atoms with Gasteiger partial charge in [0.15, 0.2) is 0 Å². The number of hydrogen-bond acceptors (Lipinski definition) is 4. The van der Waals surface area contributed by atoms with E-state index >= 15 is 0 Å². The molecule has 1 aromatic carbocycles. The number of aromatic nitrogens is 1. The molecule has 23 heavy (non-hydrogen) atoms. The number of nitrogens with zero attached hydrogens (tertiary/aromatic N) is 1. The molecule has 1 heterocycles. The molecule has 2 aromatic rings. The Morgan fingerprint density at radius 1 is 1.35 bits per heavy atom. The van der Waals surface area contributed by atoms with Gasteiger partial charge in [-0.15, -0.1) is 11.8 Å². The molecule has 0 radical (unpaired) electrons. The smallest absolute Gasteiger partial charge is 0.361 e. The molecule has 0 aliphatic carbocycles. The number of thioether (sulfide) groups is 1. The van der Waals surface area contributed by atoms with Crippen LogP contribution in [0.1, 0.15) is 22.6 Å². The minimum absolute atomic E-state index is 0.125. The highest BCUT2D eigenvalue weighted by Gasteiger charge is 2.30. The molecule has 8 heteroatoms. The molecule has 4 nitrogen and oxygen atoms in total. The number of hydrogen-bond donors (Lipinski definition) is 1. The van der Waals surface area contributed by atoms with E-state index in [1.165, 1.54) is 23.9 Å². The largest absolute Gasteiger partial charge is 0.416 e. The fraction of sp³-hybridized carbons (Fsp3) is 0.333. The molecule has 1 amide bonds. The van der Waals surface area contributed by atoms with E-state index in [4.69, 9.17) is 4.52 Å². The van der Waals surface area contributed by atoms with Gasteiger partial charge < -0.3 is 9.84 Å². The molecular formula is C15H15F3N2O2S. The summed E-state index contributed by atoms with van der Waals surface area (Å²) < 4.78 is 42.9. The van der Waals surface area contributed by atoms with Gasteiger partial charge in [0.05, 0.1) is 17.0 Å². The van der Waals surface area contributed by atoms with E-state index in [1.807, 2.05) is 6.92 Å². The number of rotatable bonds is 5. The van der Waals surface area contributed by atoms with Crippen molar-refractivity contribution in [2.75, 3.05) is 11.1 Å². The minimum Gasteiger partial charge on any atom is -0.361 e. The summed E-state index contributed by atoms with van der Waals surface area (Å²) in [5.74, 6) is 1.02. The van der Waals surface area contributed by atoms with Crippen molar-refractivity contribution in [2.24, 2.45) is 0 Å². The third kappa shape index (κ3) is 4.75. The number of amides is 1. The number of halogens is 3. The van der Waals surface area contributed by atoms with E-state index in [0.29, 0.717) is 11.5 Å². The number of carbonyl (C=O) groups is 1. The number of benzene rings is 1. The van der Waals surface area contributed by atoms with Crippen LogP contribution in [0.3, 0.4) is 0 Å². The molecular weight excluding hydrogens is 329 g/mol. The van der Waals surface area contributed by atoms with Crippen molar-refractivity contribution in [1.29, 1.82) is 0 Å². The zero-order chi connectivity index (χ0) is 17.0. The maximum atomic E-state index is 12.6. The predicted octanol–water partition coefficient (Wildman–Crippen LogP) is 4.18. The average Bonchev–Trinajstić information content (AvgIpc) is 2.78. The average molecular weight is 344 g/mol. The van der Waals surface area contributed by atoms with Crippen molar-refractivity contribution in [3.05, 3.63) is 46.8 Å². The van der Waals surface area contributed by atoms with Crippen molar-refractivity contribution >= 4 is 23.4 Å². The minimum atomic E-state index is -4.43. The fourth-order valence-corrected chi connectivity index (χ4v) is 2.90. The highest BCUT2D eigenvalue weighted by molar-refractivity contribution is 7.99. The Morgan fingerprint density at radius 3 is 2.70 bits per heavy atom. The van der Waals surface area contributed by atoms with E-state index in [9.17, 15) is 18.0 Å². The number of nitrogens with one attached hydrogen (secondary N) is 1. The van der Waals surface area contributed by atoms with E-state index in [1.54, 1.807) is 6.92 Å². The molecule has 0 saturated heterocycles. The Labute approximate surface area is 135 Å². The molecule has 1 N–H and O–H groups in total. The molecule has 0 aliphatic rings. The highest BCUT2D eigenvalue weighted by atomic mass is 32.2. The van der Waals surface area contributed by atoms with Crippen molar-refractivity contribution in [3.63, 3.8) is 0 Å². The summed E-state index contributed by atoms with van der Waals surface area (Å²) in [6.07, 6.45) is -4.43. The van der Waals surface area contributed by atoms with Crippen LogP contribution in [0.5, 0.6) is 0 Å². The second kappa shape index (κ2) is 7.08. The van der Waals surface area contributed by atoms with Crippen LogP contribution in [0.4, 0.5) is 18.9 Å². The first-order valence-corrected chi connectivity index (χ1v) is 7.89. The number of anilines is 1. The molecule has 0 saturated carbocycles. The summed E-state index contributed by atoms with van der Waals surface area (Å²) >= 11 is 1.34. The summed E-state index contributed by atoms with van der Waals surface area (Å²) in [5, 5.41) is 6.28. The molecule has 0 unspecified atom stereocenters. The number of alkyl halides is 3. The van der Waals surface area contributed by atoms with Crippen molar-refractivity contribution in [2.45, 2.75) is 25.8 Å². The van der Waals surface area contributed by atoms with Gasteiger partial charge in [-0.3, -0.25) is 4.79 Å². The summed E-state index contributed by atoms with van der Waals surface area (Å²) in [5.41, 5.74) is 1.04. The van der Waals surface area contributed by atoms with Crippen LogP contribution in [0, 0.1) is 13.8 Å². The first-order valence-electron chi connectivity index (χ1n) is 6.74. The molecule has 1 aromatic heterocycles. The second-order valence-electron chi connectivity index (χ2n) is 4.92. The summed E-state index contributed by atoms with van der Waals surface area (Å²) in [4.78, 5) is 11.8. The second-order valence-corrected chi connectivity index (χ2v) is 5.91. The lowest BCUT2D eigenvalue weighted by Crippen LogP contribution is -2.15. The van der Waals surface area contributed by atoms with Gasteiger partial charge in [0.25, 0.3) is 0 Å². The van der Waals surface area contributed by atoms with E-state index < -0.39 is 11.7 Å². The van der Waals surface area contributed by atoms with Crippen LogP contribution >= 0.6 is 11.8 Å². The maximum absolute atomic E-state index is 12.6. The van der Waals surface area contributed by atoms with Gasteiger partial charge in [0.1, 0.15) is 5.76 Å². The van der Waals surface area contributed by atoms with Crippen LogP contribution < -0.4 is 5.32 Å². The van der Waals surface area contributed by atoms with E-state index in [-0.39, 0.29) is 17.3 Å². The first-order chi connectivity index (χ1) is 10.8. The van der Waals surface area contributed by atoms with Crippen molar-refractivity contribution in [1.82, 2.24) is 5.16 Å². The lowest BCUT2D eigenvalue weighted by molar-refractivity contribution is -0.137. The van der Waals surface area contributed by atoms with Gasteiger partial charge in [0, 0.05) is 17.0 Å². The van der Waals surface area contributed by atoms with Gasteiger partial charge >= 0.3 is 6.18 Å². The zero-order valence-electron chi connectivity index (χ0n) is 12.5. The molecule has 2 rings (SSSR count). The molecule has 0 atom stereocenters. The quantitative estimate of drug-likeness (QED) is 0.884. The summed E-state index contributed by atoms with van der Waals surface area (Å²) in [6, 6.07) is 4.56. The van der Waals surface area contributed by atoms with Crippen molar-refractivity contribution < 1.29 is 22.5 Å². The third-order valence-electron chi connectivity index (χ3n) is 3.13. The standard InChI is InChI=1S/C15H15F3N2O2S/c1-9-13(10(2)22-20-9)7-23-8-14(21)19-12-5-3-4-11(6-12)15(16,17)18/h3-6H,7-8H2,1-2H3,(H,19,21). The maximum Gasteiger partial charge on any atom is 0.416 e. The Bertz CT molecular complexity index is 679. The molecule has 124 valence electrons. The van der Waals surface area contributed by atoms with Crippen LogP contribution in [0.2, 0.25) is 0 Å². The van der Waals surface area contributed by atoms with E-state index in [2.05, 4.69) is 10.5 Å². The monoisotopic (exact) mass is 344 g/mol. The summed E-state index contributed by atoms with van der Waals surface area (Å²) in [7, 11) is 0. The Morgan fingerprint density at radius 2 is 2.09 bits per heavy atom. The molecule has 0 bridgehead atoms. The number of aryl methyl sites for hydroxylation is 2. The number of carbonyl (C=O) groups excluding carboxylic acids is 1. The Balaban J connectivity index is 1.88. The van der Waals surface area contributed by atoms with Crippen LogP contribution in [-0.4, -0.2) is 16.8 Å². The predicted molar refractivity (Wildman–Crippen MR) is 82.2 cm³/mol. The molecule has 0 aliphatic heterocycles. The Kier molecular flexibility index (Phi) is 5.35. The lowest BCUT2D eigenvalue weighted by Gasteiger charge is -2.09. The SMILES string of the molecule is Cc1noc(C)c1CSCC(=O)Nc1cccc(C(F)(F)F)c1. The van der Waals surface area contributed by atoms with E-state index in [0.717, 1.165) is 23.4 Å². The third-order valence-corrected chi connectivity index (χ3v) is 4.09. The topological polar surface area (TPSA) is 55.1 Å². The molecule has 0 spiro atoms. The van der Waals surface area contributed by atoms with Gasteiger partial charge in [-0.05, 0) is 32.0 Å². The Hall–Kier alpha value is -1.96. The van der Waals surface area contributed by atoms with Crippen LogP contribution in [-0.2, 0) is 16.7 Å². The fourth-order valence-electron chi connectivity index (χ4n) is 1.92. The van der Waals surface area contributed by atoms with Gasteiger partial charge in [-0.25, -0.2) is 0 Å². The van der Waals surface area contributed by atoms with Crippen molar-refractivity contribution in [3.8, 4) is 0 Å². The normalized spacial score (nSPS) is 11.5. The van der Waals surface area contributed by atoms with Gasteiger partial charge in [-0.1, -0.05) is 11.2 Å². The van der Waals surface area contributed by atoms with Crippen LogP contribution in [0.15, 0.2) is 28.8 Å². The summed E-state index contributed by atoms with van der Waals surface area (Å²) in [6.45, 7) is 3.60. The van der Waals surface area contributed by atoms with Gasteiger partial charge in [0.2, 0.25) is 5.91 Å². The van der Waals surface area contributed by atoms with Gasteiger partial charge in [-0.2, -0.15) is 13.2 Å². The molecule has 0 fully saturated rings. The lowest BCUT2D eigenvalue weighted by atomic mass is 10.2. The zero-order valence-corrected chi connectivity index (χ0v) is 13.3. The highest BCUT2D eigenvalue weighted by Crippen LogP contribution is 2.30. The van der Waals surface area contributed by atoms with Crippen LogP contribution in [0.25, 0.3) is 0 Å². The first kappa shape index (κ1) is 17.4.